The average Bonchev–Trinajstić information content (AvgIpc) is 3.03. The third kappa shape index (κ3) is 7.78. The predicted octanol–water partition coefficient (Wildman–Crippen LogP) is 5.29. The monoisotopic (exact) mass is 586 g/mol. The minimum Gasteiger partial charge on any atom is -0.453 e. The number of likely N-dealkylation sites (tertiary alicyclic amines) is 1. The van der Waals surface area contributed by atoms with Crippen LogP contribution in [-0.2, 0) is 16.9 Å². The van der Waals surface area contributed by atoms with Crippen molar-refractivity contribution in [2.75, 3.05) is 33.3 Å². The molecule has 9 heteroatoms. The van der Waals surface area contributed by atoms with Crippen molar-refractivity contribution in [1.29, 1.82) is 5.26 Å². The third-order valence-electron chi connectivity index (χ3n) is 8.09. The zero-order valence-corrected chi connectivity index (χ0v) is 24.7. The van der Waals surface area contributed by atoms with Gasteiger partial charge in [-0.2, -0.15) is 5.26 Å². The van der Waals surface area contributed by atoms with Crippen molar-refractivity contribution in [2.24, 2.45) is 5.92 Å². The van der Waals surface area contributed by atoms with E-state index < -0.39 is 17.5 Å². The molecule has 1 aliphatic rings. The molecule has 1 heterocycles. The van der Waals surface area contributed by atoms with Gasteiger partial charge in [-0.25, -0.2) is 9.18 Å². The van der Waals surface area contributed by atoms with E-state index in [1.807, 2.05) is 49.4 Å². The number of nitrogens with one attached hydrogen (secondary N) is 2. The lowest BCUT2D eigenvalue weighted by Gasteiger charge is -2.43. The van der Waals surface area contributed by atoms with Crippen LogP contribution >= 0.6 is 0 Å². The fourth-order valence-corrected chi connectivity index (χ4v) is 5.92. The molecule has 1 saturated heterocycles. The molecule has 0 unspecified atom stereocenters. The molecule has 1 fully saturated rings. The van der Waals surface area contributed by atoms with Gasteiger partial charge in [0.1, 0.15) is 5.82 Å². The lowest BCUT2D eigenvalue weighted by molar-refractivity contribution is -0.0564. The van der Waals surface area contributed by atoms with E-state index in [0.717, 1.165) is 11.1 Å². The number of nitriles is 1. The van der Waals surface area contributed by atoms with Gasteiger partial charge in [-0.1, -0.05) is 54.1 Å². The van der Waals surface area contributed by atoms with Gasteiger partial charge in [-0.05, 0) is 67.5 Å². The van der Waals surface area contributed by atoms with E-state index in [1.165, 1.54) is 13.2 Å². The summed E-state index contributed by atoms with van der Waals surface area (Å²) in [5, 5.41) is 27.0. The van der Waals surface area contributed by atoms with Crippen LogP contribution in [0.2, 0.25) is 0 Å². The maximum Gasteiger partial charge on any atom is 0.406 e. The zero-order chi connectivity index (χ0) is 30.8. The molecule has 2 atom stereocenters. The number of amides is 2. The van der Waals surface area contributed by atoms with Gasteiger partial charge in [0, 0.05) is 43.2 Å². The number of ether oxygens (including phenoxy) is 1. The Kier molecular flexibility index (Phi) is 10.9. The van der Waals surface area contributed by atoms with E-state index in [2.05, 4.69) is 15.4 Å². The van der Waals surface area contributed by atoms with E-state index in [0.29, 0.717) is 61.2 Å². The highest BCUT2D eigenvalue weighted by molar-refractivity contribution is 5.94. The minimum atomic E-state index is -1.48. The summed E-state index contributed by atoms with van der Waals surface area (Å²) in [4.78, 5) is 27.0. The Morgan fingerprint density at radius 2 is 1.93 bits per heavy atom. The number of alkyl carbamates (subject to hydrolysis) is 1. The van der Waals surface area contributed by atoms with Crippen molar-refractivity contribution in [1.82, 2.24) is 15.5 Å². The summed E-state index contributed by atoms with van der Waals surface area (Å²) in [6, 6.07) is 21.7. The summed E-state index contributed by atoms with van der Waals surface area (Å²) in [7, 11) is 1.29. The van der Waals surface area contributed by atoms with Crippen LogP contribution in [0.3, 0.4) is 0 Å². The lowest BCUT2D eigenvalue weighted by Crippen LogP contribution is -2.48. The molecular weight excluding hydrogens is 547 g/mol. The molecule has 0 bridgehead atoms. The molecule has 226 valence electrons. The van der Waals surface area contributed by atoms with Gasteiger partial charge >= 0.3 is 6.09 Å². The molecule has 3 N–H and O–H groups in total. The Morgan fingerprint density at radius 1 is 1.16 bits per heavy atom. The van der Waals surface area contributed by atoms with Crippen molar-refractivity contribution < 1.29 is 23.8 Å². The smallest absolute Gasteiger partial charge is 0.406 e. The normalized spacial score (nSPS) is 16.2. The Morgan fingerprint density at radius 3 is 2.65 bits per heavy atom. The van der Waals surface area contributed by atoms with Crippen LogP contribution in [0.4, 0.5) is 9.18 Å². The van der Waals surface area contributed by atoms with Crippen LogP contribution in [0.5, 0.6) is 0 Å². The van der Waals surface area contributed by atoms with Crippen LogP contribution in [0.1, 0.15) is 52.7 Å². The van der Waals surface area contributed by atoms with Crippen molar-refractivity contribution in [2.45, 2.75) is 44.8 Å². The summed E-state index contributed by atoms with van der Waals surface area (Å²) in [6.07, 6.45) is 1.44. The highest BCUT2D eigenvalue weighted by atomic mass is 19.1. The SMILES string of the molecule is COC(=O)NCCC[C@@](O)(c1cccc(F)c1-c1cccc(C)c1)[C@@H]1CCCN(C(=O)c2ccc(CNCC#N)cc2)C1. The molecule has 0 saturated carbocycles. The molecule has 0 aliphatic carbocycles. The fraction of sp³-hybridized carbons (Fsp3) is 0.382. The number of aryl methyl sites for hydroxylation is 1. The van der Waals surface area contributed by atoms with Crippen LogP contribution in [0.15, 0.2) is 66.7 Å². The number of halogens is 1. The first-order chi connectivity index (χ1) is 20.8. The molecule has 0 spiro atoms. The highest BCUT2D eigenvalue weighted by Crippen LogP contribution is 2.44. The molecular formula is C34H39FN4O4. The molecule has 43 heavy (non-hydrogen) atoms. The number of carbonyl (C=O) groups excluding carboxylic acids is 2. The summed E-state index contributed by atoms with van der Waals surface area (Å²) in [6.45, 7) is 3.84. The van der Waals surface area contributed by atoms with Crippen molar-refractivity contribution in [3.05, 3.63) is 94.8 Å². The maximum atomic E-state index is 15.6. The van der Waals surface area contributed by atoms with Crippen molar-refractivity contribution in [3.8, 4) is 17.2 Å². The van der Waals surface area contributed by atoms with Gasteiger partial charge in [-0.15, -0.1) is 0 Å². The molecule has 0 aromatic heterocycles. The summed E-state index contributed by atoms with van der Waals surface area (Å²) >= 11 is 0. The Bertz CT molecular complexity index is 1460. The maximum absolute atomic E-state index is 15.6. The number of carbonyl (C=O) groups is 2. The van der Waals surface area contributed by atoms with E-state index in [4.69, 9.17) is 5.26 Å². The Labute approximate surface area is 252 Å². The molecule has 4 rings (SSSR count). The topological polar surface area (TPSA) is 115 Å². The molecule has 0 radical (unpaired) electrons. The second-order valence-corrected chi connectivity index (χ2v) is 11.0. The first-order valence-electron chi connectivity index (χ1n) is 14.6. The number of piperidine rings is 1. The molecule has 2 amide bonds. The number of rotatable bonds is 11. The summed E-state index contributed by atoms with van der Waals surface area (Å²) in [5.74, 6) is -0.931. The number of nitrogens with zero attached hydrogens (tertiary/aromatic N) is 2. The summed E-state index contributed by atoms with van der Waals surface area (Å²) < 4.78 is 20.3. The molecule has 8 nitrogen and oxygen atoms in total. The Hall–Kier alpha value is -4.26. The average molecular weight is 587 g/mol. The van der Waals surface area contributed by atoms with Gasteiger partial charge in [0.05, 0.1) is 25.3 Å². The van der Waals surface area contributed by atoms with E-state index in [1.54, 1.807) is 29.2 Å². The molecule has 1 aliphatic heterocycles. The first kappa shape index (κ1) is 31.7. The fourth-order valence-electron chi connectivity index (χ4n) is 5.92. The van der Waals surface area contributed by atoms with Crippen molar-refractivity contribution in [3.63, 3.8) is 0 Å². The van der Waals surface area contributed by atoms with E-state index in [-0.39, 0.29) is 31.3 Å². The van der Waals surface area contributed by atoms with Gasteiger partial charge in [0.2, 0.25) is 0 Å². The van der Waals surface area contributed by atoms with E-state index >= 15 is 4.39 Å². The van der Waals surface area contributed by atoms with Crippen LogP contribution in [-0.4, -0.2) is 55.3 Å². The minimum absolute atomic E-state index is 0.130. The van der Waals surface area contributed by atoms with Gasteiger partial charge < -0.3 is 25.4 Å². The Balaban J connectivity index is 1.63. The second kappa shape index (κ2) is 14.8. The quantitative estimate of drug-likeness (QED) is 0.208. The first-order valence-corrected chi connectivity index (χ1v) is 14.6. The van der Waals surface area contributed by atoms with Crippen molar-refractivity contribution >= 4 is 12.0 Å². The van der Waals surface area contributed by atoms with Crippen LogP contribution in [0, 0.1) is 30.0 Å². The molecule has 3 aromatic rings. The zero-order valence-electron chi connectivity index (χ0n) is 24.7. The second-order valence-electron chi connectivity index (χ2n) is 11.0. The van der Waals surface area contributed by atoms with Crippen LogP contribution < -0.4 is 10.6 Å². The van der Waals surface area contributed by atoms with Gasteiger partial charge in [0.25, 0.3) is 5.91 Å². The number of hydrogen-bond acceptors (Lipinski definition) is 6. The standard InChI is InChI=1S/C34H39FN4O4/c1-24-7-3-8-27(21-24)31-29(10-4-11-30(31)35)34(42,16-6-18-38-33(41)43-2)28-9-5-20-39(23-28)32(40)26-14-12-25(13-15-26)22-37-19-17-36/h3-4,7-8,10-15,21,28,37,42H,5-6,9,16,18-20,22-23H2,1-2H3,(H,38,41)/t28-,34+/m1/s1. The van der Waals surface area contributed by atoms with E-state index in [9.17, 15) is 14.7 Å². The van der Waals surface area contributed by atoms with Crippen LogP contribution in [0.25, 0.3) is 11.1 Å². The lowest BCUT2D eigenvalue weighted by atomic mass is 9.72. The number of aliphatic hydroxyl groups is 1. The van der Waals surface area contributed by atoms with Gasteiger partial charge in [0.15, 0.2) is 0 Å². The number of benzene rings is 3. The van der Waals surface area contributed by atoms with Gasteiger partial charge in [-0.3, -0.25) is 4.79 Å². The predicted molar refractivity (Wildman–Crippen MR) is 163 cm³/mol. The number of hydrogen-bond donors (Lipinski definition) is 3. The largest absolute Gasteiger partial charge is 0.453 e. The third-order valence-corrected chi connectivity index (χ3v) is 8.09. The summed E-state index contributed by atoms with van der Waals surface area (Å²) in [5.41, 5.74) is 2.50. The highest BCUT2D eigenvalue weighted by Gasteiger charge is 2.43. The molecule has 3 aromatic carbocycles. The number of methoxy groups -OCH3 is 1.